The SMILES string of the molecule is Cc1c(Cl)cccc1NC(=O)/C(C#N)=C\c1cn(Cc2ccc3ccccc3c2)c2ccccc12. The molecule has 0 unspecified atom stereocenters. The van der Waals surface area contributed by atoms with E-state index in [1.165, 1.54) is 16.3 Å². The van der Waals surface area contributed by atoms with Crippen LogP contribution in [0.1, 0.15) is 16.7 Å². The second-order valence-corrected chi connectivity index (χ2v) is 8.85. The van der Waals surface area contributed by atoms with Crippen LogP contribution in [0.25, 0.3) is 27.8 Å². The van der Waals surface area contributed by atoms with Gasteiger partial charge < -0.3 is 9.88 Å². The largest absolute Gasteiger partial charge is 0.342 e. The highest BCUT2D eigenvalue weighted by atomic mass is 35.5. The third-order valence-corrected chi connectivity index (χ3v) is 6.58. The fourth-order valence-corrected chi connectivity index (χ4v) is 4.47. The van der Waals surface area contributed by atoms with E-state index in [9.17, 15) is 10.1 Å². The minimum atomic E-state index is -0.468. The van der Waals surface area contributed by atoms with Crippen LogP contribution in [0.4, 0.5) is 5.69 Å². The Bertz CT molecular complexity index is 1660. The minimum absolute atomic E-state index is 0.0259. The van der Waals surface area contributed by atoms with Crippen LogP contribution in [0.15, 0.2) is 96.7 Å². The fraction of sp³-hybridized carbons (Fsp3) is 0.0667. The number of hydrogen-bond donors (Lipinski definition) is 1. The van der Waals surface area contributed by atoms with Gasteiger partial charge in [0.1, 0.15) is 11.6 Å². The zero-order chi connectivity index (χ0) is 24.4. The molecule has 0 aliphatic heterocycles. The molecule has 1 aromatic heterocycles. The highest BCUT2D eigenvalue weighted by Gasteiger charge is 2.14. The van der Waals surface area contributed by atoms with Gasteiger partial charge in [0.15, 0.2) is 0 Å². The first-order valence-electron chi connectivity index (χ1n) is 11.3. The van der Waals surface area contributed by atoms with Crippen LogP contribution in [0, 0.1) is 18.3 Å². The number of carbonyl (C=O) groups excluding carboxylic acids is 1. The van der Waals surface area contributed by atoms with Crippen LogP contribution in [-0.4, -0.2) is 10.5 Å². The molecule has 4 nitrogen and oxygen atoms in total. The van der Waals surface area contributed by atoms with Gasteiger partial charge >= 0.3 is 0 Å². The monoisotopic (exact) mass is 475 g/mol. The van der Waals surface area contributed by atoms with Crippen molar-refractivity contribution >= 4 is 50.9 Å². The van der Waals surface area contributed by atoms with Crippen molar-refractivity contribution in [2.75, 3.05) is 5.32 Å². The Morgan fingerprint density at radius 3 is 2.60 bits per heavy atom. The molecule has 0 saturated heterocycles. The summed E-state index contributed by atoms with van der Waals surface area (Å²) in [5, 5.41) is 16.5. The van der Waals surface area contributed by atoms with E-state index in [1.807, 2.05) is 43.5 Å². The summed E-state index contributed by atoms with van der Waals surface area (Å²) in [4.78, 5) is 12.9. The van der Waals surface area contributed by atoms with Crippen molar-refractivity contribution in [2.45, 2.75) is 13.5 Å². The van der Waals surface area contributed by atoms with E-state index in [-0.39, 0.29) is 5.57 Å². The van der Waals surface area contributed by atoms with E-state index in [2.05, 4.69) is 52.4 Å². The van der Waals surface area contributed by atoms with Gasteiger partial charge in [-0.3, -0.25) is 4.79 Å². The number of nitrogens with one attached hydrogen (secondary N) is 1. The zero-order valence-corrected chi connectivity index (χ0v) is 19.9. The number of fused-ring (bicyclic) bond motifs is 2. The van der Waals surface area contributed by atoms with E-state index >= 15 is 0 Å². The number of halogens is 1. The summed E-state index contributed by atoms with van der Waals surface area (Å²) in [6.07, 6.45) is 3.64. The average molecular weight is 476 g/mol. The van der Waals surface area contributed by atoms with Crippen LogP contribution < -0.4 is 5.32 Å². The number of aromatic nitrogens is 1. The number of amides is 1. The van der Waals surface area contributed by atoms with Crippen LogP contribution in [-0.2, 0) is 11.3 Å². The van der Waals surface area contributed by atoms with Gasteiger partial charge in [-0.15, -0.1) is 0 Å². The predicted molar refractivity (Wildman–Crippen MR) is 143 cm³/mol. The molecule has 5 rings (SSSR count). The maximum absolute atomic E-state index is 12.9. The number of carbonyl (C=O) groups is 1. The Balaban J connectivity index is 1.49. The third kappa shape index (κ3) is 4.55. The highest BCUT2D eigenvalue weighted by molar-refractivity contribution is 6.31. The van der Waals surface area contributed by atoms with Gasteiger partial charge in [0.25, 0.3) is 5.91 Å². The van der Waals surface area contributed by atoms with Gasteiger partial charge in [0.2, 0.25) is 0 Å². The van der Waals surface area contributed by atoms with E-state index in [0.717, 1.165) is 22.0 Å². The maximum atomic E-state index is 12.9. The maximum Gasteiger partial charge on any atom is 0.266 e. The Labute approximate surface area is 208 Å². The van der Waals surface area contributed by atoms with E-state index < -0.39 is 5.91 Å². The molecule has 0 bridgehead atoms. The molecule has 0 saturated carbocycles. The number of nitrogens with zero attached hydrogens (tertiary/aromatic N) is 2. The zero-order valence-electron chi connectivity index (χ0n) is 19.1. The van der Waals surface area contributed by atoms with Gasteiger partial charge in [-0.1, -0.05) is 72.3 Å². The fourth-order valence-electron chi connectivity index (χ4n) is 4.29. The first-order chi connectivity index (χ1) is 17.0. The number of benzene rings is 4. The van der Waals surface area contributed by atoms with Crippen LogP contribution in [0.5, 0.6) is 0 Å². The van der Waals surface area contributed by atoms with Crippen molar-refractivity contribution in [3.8, 4) is 6.07 Å². The Hall–Kier alpha value is -4.33. The molecular weight excluding hydrogens is 454 g/mol. The summed E-state index contributed by atoms with van der Waals surface area (Å²) in [6, 6.07) is 30.1. The lowest BCUT2D eigenvalue weighted by Crippen LogP contribution is -2.14. The van der Waals surface area contributed by atoms with Crippen LogP contribution >= 0.6 is 11.6 Å². The third-order valence-electron chi connectivity index (χ3n) is 6.17. The summed E-state index contributed by atoms with van der Waals surface area (Å²) in [5.41, 5.74) is 4.40. The topological polar surface area (TPSA) is 57.8 Å². The van der Waals surface area contributed by atoms with Crippen LogP contribution in [0.3, 0.4) is 0 Å². The number of anilines is 1. The normalized spacial score (nSPS) is 11.5. The van der Waals surface area contributed by atoms with Crippen molar-refractivity contribution in [1.29, 1.82) is 5.26 Å². The molecule has 170 valence electrons. The summed E-state index contributed by atoms with van der Waals surface area (Å²) in [5.74, 6) is -0.468. The van der Waals surface area contributed by atoms with Gasteiger partial charge in [-0.05, 0) is 59.2 Å². The Morgan fingerprint density at radius 1 is 1.00 bits per heavy atom. The smallest absolute Gasteiger partial charge is 0.266 e. The standard InChI is InChI=1S/C30H22ClN3O/c1-20-27(31)10-6-11-28(20)33-30(35)24(17-32)16-25-19-34(29-12-5-4-9-26(25)29)18-21-13-14-22-7-2-3-8-23(22)15-21/h2-16,19H,18H2,1H3,(H,33,35)/b24-16-. The Kier molecular flexibility index (Phi) is 6.10. The molecule has 0 aliphatic rings. The summed E-state index contributed by atoms with van der Waals surface area (Å²) in [6.45, 7) is 2.50. The van der Waals surface area contributed by atoms with Crippen molar-refractivity contribution in [3.05, 3.63) is 118 Å². The van der Waals surface area contributed by atoms with Crippen molar-refractivity contribution in [1.82, 2.24) is 4.57 Å². The lowest BCUT2D eigenvalue weighted by atomic mass is 10.1. The van der Waals surface area contributed by atoms with E-state index in [0.29, 0.717) is 17.3 Å². The molecule has 0 aliphatic carbocycles. The van der Waals surface area contributed by atoms with Crippen LogP contribution in [0.2, 0.25) is 5.02 Å². The quantitative estimate of drug-likeness (QED) is 0.213. The first-order valence-corrected chi connectivity index (χ1v) is 11.6. The number of rotatable bonds is 5. The number of para-hydroxylation sites is 1. The minimum Gasteiger partial charge on any atom is -0.342 e. The molecule has 5 aromatic rings. The molecule has 1 heterocycles. The molecule has 1 amide bonds. The molecule has 35 heavy (non-hydrogen) atoms. The van der Waals surface area contributed by atoms with Gasteiger partial charge in [-0.25, -0.2) is 0 Å². The molecule has 0 atom stereocenters. The Morgan fingerprint density at radius 2 is 1.77 bits per heavy atom. The lowest BCUT2D eigenvalue weighted by molar-refractivity contribution is -0.112. The summed E-state index contributed by atoms with van der Waals surface area (Å²) < 4.78 is 2.15. The molecule has 1 N–H and O–H groups in total. The molecule has 0 radical (unpaired) electrons. The lowest BCUT2D eigenvalue weighted by Gasteiger charge is -2.08. The summed E-state index contributed by atoms with van der Waals surface area (Å²) in [7, 11) is 0. The predicted octanol–water partition coefficient (Wildman–Crippen LogP) is 7.35. The second kappa shape index (κ2) is 9.50. The molecular formula is C30H22ClN3O. The average Bonchev–Trinajstić information content (AvgIpc) is 3.22. The molecule has 4 aromatic carbocycles. The van der Waals surface area contributed by atoms with Crippen molar-refractivity contribution in [2.24, 2.45) is 0 Å². The van der Waals surface area contributed by atoms with Crippen molar-refractivity contribution in [3.63, 3.8) is 0 Å². The van der Waals surface area contributed by atoms with Gasteiger partial charge in [0.05, 0.1) is 0 Å². The molecule has 5 heteroatoms. The van der Waals surface area contributed by atoms with Crippen molar-refractivity contribution < 1.29 is 4.79 Å². The van der Waals surface area contributed by atoms with Gasteiger partial charge in [-0.2, -0.15) is 5.26 Å². The molecule has 0 spiro atoms. The number of nitriles is 1. The number of hydrogen-bond acceptors (Lipinski definition) is 2. The summed E-state index contributed by atoms with van der Waals surface area (Å²) >= 11 is 6.17. The second-order valence-electron chi connectivity index (χ2n) is 8.45. The van der Waals surface area contributed by atoms with E-state index in [4.69, 9.17) is 11.6 Å². The van der Waals surface area contributed by atoms with Gasteiger partial charge in [0, 0.05) is 39.9 Å². The van der Waals surface area contributed by atoms with E-state index in [1.54, 1.807) is 24.3 Å². The first kappa shape index (κ1) is 22.5. The highest BCUT2D eigenvalue weighted by Crippen LogP contribution is 2.27. The molecule has 0 fully saturated rings.